The van der Waals surface area contributed by atoms with Crippen molar-refractivity contribution in [1.29, 1.82) is 5.26 Å². The highest BCUT2D eigenvalue weighted by Crippen LogP contribution is 2.52. The van der Waals surface area contributed by atoms with Crippen molar-refractivity contribution in [2.45, 2.75) is 16.6 Å². The molecular formula is C12H13NO3S. The molecule has 1 saturated carbocycles. The molecular weight excluding hydrogens is 238 g/mol. The first-order valence-electron chi connectivity index (χ1n) is 5.26. The van der Waals surface area contributed by atoms with Gasteiger partial charge < -0.3 is 4.74 Å². The third-order valence-electron chi connectivity index (χ3n) is 3.08. The normalized spacial score (nSPS) is 27.4. The van der Waals surface area contributed by atoms with E-state index in [0.717, 1.165) is 0 Å². The van der Waals surface area contributed by atoms with E-state index in [2.05, 4.69) is 6.07 Å². The van der Waals surface area contributed by atoms with Crippen LogP contribution in [0.4, 0.5) is 0 Å². The van der Waals surface area contributed by atoms with E-state index in [-0.39, 0.29) is 11.5 Å². The van der Waals surface area contributed by atoms with Gasteiger partial charge in [-0.25, -0.2) is 8.42 Å². The van der Waals surface area contributed by atoms with Crippen LogP contribution >= 0.6 is 0 Å². The van der Waals surface area contributed by atoms with Gasteiger partial charge in [-0.2, -0.15) is 5.26 Å². The molecule has 1 aromatic carbocycles. The van der Waals surface area contributed by atoms with Crippen molar-refractivity contribution in [3.63, 3.8) is 0 Å². The lowest BCUT2D eigenvalue weighted by Crippen LogP contribution is -2.19. The van der Waals surface area contributed by atoms with Crippen LogP contribution in [0, 0.1) is 16.7 Å². The Bertz CT molecular complexity index is 547. The summed E-state index contributed by atoms with van der Waals surface area (Å²) in [5.41, 5.74) is -0.858. The standard InChI is InChI=1S/C12H13NO3S/c1-16-9-12(8-13)7-11(12)17(14,15)10-5-3-2-4-6-10/h2-6,11H,7,9H2,1H3/t11-,12+/m0/s1. The molecule has 2 atom stereocenters. The van der Waals surface area contributed by atoms with Crippen molar-refractivity contribution in [3.8, 4) is 6.07 Å². The molecule has 4 nitrogen and oxygen atoms in total. The smallest absolute Gasteiger partial charge is 0.182 e. The largest absolute Gasteiger partial charge is 0.383 e. The van der Waals surface area contributed by atoms with Crippen LogP contribution in [-0.2, 0) is 14.6 Å². The molecule has 1 fully saturated rings. The Balaban J connectivity index is 2.30. The van der Waals surface area contributed by atoms with Crippen molar-refractivity contribution in [1.82, 2.24) is 0 Å². The Labute approximate surface area is 101 Å². The Morgan fingerprint density at radius 1 is 1.47 bits per heavy atom. The lowest BCUT2D eigenvalue weighted by Gasteiger charge is -2.08. The minimum Gasteiger partial charge on any atom is -0.383 e. The molecule has 1 aliphatic carbocycles. The molecule has 0 N–H and O–H groups in total. The zero-order chi connectivity index (χ0) is 12.5. The van der Waals surface area contributed by atoms with Gasteiger partial charge in [0.05, 0.1) is 28.2 Å². The summed E-state index contributed by atoms with van der Waals surface area (Å²) in [4.78, 5) is 0.276. The van der Waals surface area contributed by atoms with Crippen LogP contribution in [0.1, 0.15) is 6.42 Å². The first kappa shape index (κ1) is 12.1. The van der Waals surface area contributed by atoms with Gasteiger partial charge in [-0.1, -0.05) is 18.2 Å². The Morgan fingerprint density at radius 3 is 2.65 bits per heavy atom. The summed E-state index contributed by atoms with van der Waals surface area (Å²) in [6, 6.07) is 10.3. The number of ether oxygens (including phenoxy) is 1. The number of hydrogen-bond donors (Lipinski definition) is 0. The second-order valence-corrected chi connectivity index (χ2v) is 6.38. The van der Waals surface area contributed by atoms with Gasteiger partial charge in [0, 0.05) is 7.11 Å². The number of rotatable bonds is 4. The van der Waals surface area contributed by atoms with Crippen LogP contribution in [0.2, 0.25) is 0 Å². The van der Waals surface area contributed by atoms with Gasteiger partial charge >= 0.3 is 0 Å². The van der Waals surface area contributed by atoms with E-state index in [0.29, 0.717) is 6.42 Å². The van der Waals surface area contributed by atoms with E-state index < -0.39 is 20.5 Å². The number of nitriles is 1. The zero-order valence-corrected chi connectivity index (χ0v) is 10.3. The van der Waals surface area contributed by atoms with Crippen molar-refractivity contribution in [2.75, 3.05) is 13.7 Å². The van der Waals surface area contributed by atoms with Gasteiger partial charge in [-0.05, 0) is 18.6 Å². The van der Waals surface area contributed by atoms with Gasteiger partial charge in [0.25, 0.3) is 0 Å². The van der Waals surface area contributed by atoms with Crippen LogP contribution in [-0.4, -0.2) is 27.4 Å². The summed E-state index contributed by atoms with van der Waals surface area (Å²) in [6.45, 7) is 0.167. The van der Waals surface area contributed by atoms with Crippen LogP contribution in [0.5, 0.6) is 0 Å². The van der Waals surface area contributed by atoms with E-state index >= 15 is 0 Å². The molecule has 0 radical (unpaired) electrons. The average Bonchev–Trinajstić information content (AvgIpc) is 3.07. The van der Waals surface area contributed by atoms with Crippen molar-refractivity contribution in [3.05, 3.63) is 30.3 Å². The molecule has 0 saturated heterocycles. The molecule has 0 aromatic heterocycles. The van der Waals surface area contributed by atoms with Gasteiger partial charge in [0.1, 0.15) is 0 Å². The van der Waals surface area contributed by atoms with Crippen LogP contribution in [0.15, 0.2) is 35.2 Å². The molecule has 17 heavy (non-hydrogen) atoms. The summed E-state index contributed by atoms with van der Waals surface area (Å²) in [7, 11) is -1.93. The monoisotopic (exact) mass is 251 g/mol. The average molecular weight is 251 g/mol. The fraction of sp³-hybridized carbons (Fsp3) is 0.417. The van der Waals surface area contributed by atoms with Crippen LogP contribution in [0.3, 0.4) is 0 Å². The first-order chi connectivity index (χ1) is 8.07. The summed E-state index contributed by atoms with van der Waals surface area (Å²) in [5.74, 6) is 0. The van der Waals surface area contributed by atoms with Crippen molar-refractivity contribution in [2.24, 2.45) is 5.41 Å². The third kappa shape index (κ3) is 1.94. The summed E-state index contributed by atoms with van der Waals surface area (Å²) < 4.78 is 29.4. The molecule has 90 valence electrons. The molecule has 0 spiro atoms. The highest BCUT2D eigenvalue weighted by Gasteiger charge is 2.62. The quantitative estimate of drug-likeness (QED) is 0.811. The summed E-state index contributed by atoms with van der Waals surface area (Å²) in [6.07, 6.45) is 0.356. The van der Waals surface area contributed by atoms with Gasteiger partial charge in [-0.15, -0.1) is 0 Å². The molecule has 0 bridgehead atoms. The number of nitrogens with zero attached hydrogens (tertiary/aromatic N) is 1. The molecule has 0 heterocycles. The van der Waals surface area contributed by atoms with Crippen molar-refractivity contribution >= 4 is 9.84 Å². The van der Waals surface area contributed by atoms with E-state index in [1.54, 1.807) is 30.3 Å². The maximum absolute atomic E-state index is 12.2. The highest BCUT2D eigenvalue weighted by atomic mass is 32.2. The Morgan fingerprint density at radius 2 is 2.12 bits per heavy atom. The predicted molar refractivity (Wildman–Crippen MR) is 62.0 cm³/mol. The SMILES string of the molecule is COC[C@]1(C#N)C[C@@H]1S(=O)(=O)c1ccccc1. The predicted octanol–water partition coefficient (Wildman–Crippen LogP) is 1.39. The molecule has 2 rings (SSSR count). The molecule has 1 aromatic rings. The third-order valence-corrected chi connectivity index (χ3v) is 5.37. The highest BCUT2D eigenvalue weighted by molar-refractivity contribution is 7.92. The zero-order valence-electron chi connectivity index (χ0n) is 9.46. The number of methoxy groups -OCH3 is 1. The van der Waals surface area contributed by atoms with E-state index in [1.807, 2.05) is 0 Å². The fourth-order valence-corrected chi connectivity index (χ4v) is 4.11. The van der Waals surface area contributed by atoms with Crippen LogP contribution in [0.25, 0.3) is 0 Å². The van der Waals surface area contributed by atoms with Gasteiger partial charge in [0.2, 0.25) is 0 Å². The second kappa shape index (κ2) is 4.13. The first-order valence-corrected chi connectivity index (χ1v) is 6.80. The lowest BCUT2D eigenvalue weighted by molar-refractivity contribution is 0.164. The van der Waals surface area contributed by atoms with Gasteiger partial charge in [0.15, 0.2) is 9.84 Å². The van der Waals surface area contributed by atoms with Crippen molar-refractivity contribution < 1.29 is 13.2 Å². The van der Waals surface area contributed by atoms with Crippen LogP contribution < -0.4 is 0 Å². The van der Waals surface area contributed by atoms with E-state index in [4.69, 9.17) is 10.00 Å². The Hall–Kier alpha value is -1.38. The topological polar surface area (TPSA) is 67.2 Å². The molecule has 5 heteroatoms. The Kier molecular flexibility index (Phi) is 2.94. The maximum Gasteiger partial charge on any atom is 0.182 e. The minimum atomic E-state index is -3.41. The summed E-state index contributed by atoms with van der Waals surface area (Å²) in [5, 5.41) is 8.44. The maximum atomic E-state index is 12.2. The molecule has 0 aliphatic heterocycles. The second-order valence-electron chi connectivity index (χ2n) is 4.25. The summed E-state index contributed by atoms with van der Waals surface area (Å²) >= 11 is 0. The lowest BCUT2D eigenvalue weighted by atomic mass is 10.1. The fourth-order valence-electron chi connectivity index (χ4n) is 2.01. The molecule has 0 amide bonds. The van der Waals surface area contributed by atoms with Gasteiger partial charge in [-0.3, -0.25) is 0 Å². The number of hydrogen-bond acceptors (Lipinski definition) is 4. The van der Waals surface area contributed by atoms with E-state index in [1.165, 1.54) is 7.11 Å². The molecule has 0 unspecified atom stereocenters. The minimum absolute atomic E-state index is 0.167. The number of sulfone groups is 1. The molecule has 1 aliphatic rings. The van der Waals surface area contributed by atoms with E-state index in [9.17, 15) is 8.42 Å². The number of benzene rings is 1.